The van der Waals surface area contributed by atoms with Crippen molar-refractivity contribution < 1.29 is 9.21 Å². The molecule has 3 aromatic rings. The van der Waals surface area contributed by atoms with E-state index in [2.05, 4.69) is 31.3 Å². The molecule has 7 heteroatoms. The van der Waals surface area contributed by atoms with E-state index >= 15 is 0 Å². The molecule has 0 saturated carbocycles. The summed E-state index contributed by atoms with van der Waals surface area (Å²) in [5, 5.41) is 7.43. The van der Waals surface area contributed by atoms with Gasteiger partial charge in [0.05, 0.1) is 22.6 Å². The number of aryl methyl sites for hydroxylation is 1. The zero-order valence-electron chi connectivity index (χ0n) is 14.7. The Labute approximate surface area is 154 Å². The molecule has 0 spiro atoms. The summed E-state index contributed by atoms with van der Waals surface area (Å²) in [7, 11) is 0. The Bertz CT molecular complexity index is 882. The Morgan fingerprint density at radius 1 is 1.32 bits per heavy atom. The van der Waals surface area contributed by atoms with Gasteiger partial charge in [-0.05, 0) is 48.8 Å². The van der Waals surface area contributed by atoms with Gasteiger partial charge in [0.1, 0.15) is 11.6 Å². The first-order chi connectivity index (χ1) is 11.9. The average molecular weight is 405 g/mol. The van der Waals surface area contributed by atoms with Gasteiger partial charge in [-0.25, -0.2) is 4.98 Å². The highest BCUT2D eigenvalue weighted by atomic mass is 79.9. The van der Waals surface area contributed by atoms with Crippen molar-refractivity contribution in [2.24, 2.45) is 5.92 Å². The minimum Gasteiger partial charge on any atom is -0.438 e. The van der Waals surface area contributed by atoms with Crippen LogP contribution in [0.3, 0.4) is 0 Å². The monoisotopic (exact) mass is 404 g/mol. The summed E-state index contributed by atoms with van der Waals surface area (Å²) < 4.78 is 8.56. The van der Waals surface area contributed by atoms with Crippen molar-refractivity contribution in [2.45, 2.75) is 40.3 Å². The number of carbonyl (C=O) groups excluding carboxylic acids is 1. The van der Waals surface area contributed by atoms with E-state index in [9.17, 15) is 4.79 Å². The zero-order chi connectivity index (χ0) is 18.1. The van der Waals surface area contributed by atoms with Gasteiger partial charge in [0, 0.05) is 5.69 Å². The molecule has 0 fully saturated rings. The molecule has 2 heterocycles. The van der Waals surface area contributed by atoms with E-state index in [1.54, 1.807) is 0 Å². The molecule has 132 valence electrons. The highest BCUT2D eigenvalue weighted by Gasteiger charge is 2.21. The van der Waals surface area contributed by atoms with Crippen LogP contribution < -0.4 is 5.32 Å². The average Bonchev–Trinajstić information content (AvgIpc) is 3.12. The number of hydrogen-bond donors (Lipinski definition) is 1. The van der Waals surface area contributed by atoms with Gasteiger partial charge in [-0.1, -0.05) is 19.1 Å². The largest absolute Gasteiger partial charge is 0.438 e. The highest BCUT2D eigenvalue weighted by Crippen LogP contribution is 2.22. The van der Waals surface area contributed by atoms with Crippen molar-refractivity contribution in [3.05, 3.63) is 46.0 Å². The lowest BCUT2D eigenvalue weighted by atomic mass is 10.1. The van der Waals surface area contributed by atoms with Crippen LogP contribution >= 0.6 is 15.9 Å². The molecule has 0 aliphatic heterocycles. The first-order valence-corrected chi connectivity index (χ1v) is 9.01. The number of rotatable bonds is 5. The number of carbonyl (C=O) groups is 1. The second-order valence-corrected chi connectivity index (χ2v) is 7.11. The van der Waals surface area contributed by atoms with Gasteiger partial charge in [-0.3, -0.25) is 9.48 Å². The molecule has 0 aliphatic carbocycles. The van der Waals surface area contributed by atoms with E-state index in [-0.39, 0.29) is 17.9 Å². The van der Waals surface area contributed by atoms with Gasteiger partial charge in [0.2, 0.25) is 11.8 Å². The number of aromatic nitrogens is 3. The standard InChI is InChI=1S/C18H21BrN4O2/c1-10(9-23-13(4)16(19)11(2)22-23)17(24)20-12(3)18-21-14-7-5-6-8-15(14)25-18/h5-8,10,12H,9H2,1-4H3,(H,20,24). The number of para-hydroxylation sites is 2. The molecular formula is C18H21BrN4O2. The number of oxazole rings is 1. The lowest BCUT2D eigenvalue weighted by Crippen LogP contribution is -2.34. The molecule has 2 unspecified atom stereocenters. The normalized spacial score (nSPS) is 13.8. The maximum Gasteiger partial charge on any atom is 0.225 e. The smallest absolute Gasteiger partial charge is 0.225 e. The predicted molar refractivity (Wildman–Crippen MR) is 99.1 cm³/mol. The van der Waals surface area contributed by atoms with Crippen LogP contribution in [0.15, 0.2) is 33.2 Å². The van der Waals surface area contributed by atoms with Crippen LogP contribution in [0.2, 0.25) is 0 Å². The fourth-order valence-corrected chi connectivity index (χ4v) is 2.97. The van der Waals surface area contributed by atoms with Crippen LogP contribution in [0.25, 0.3) is 11.1 Å². The minimum absolute atomic E-state index is 0.0570. The fraction of sp³-hybridized carbons (Fsp3) is 0.389. The summed E-state index contributed by atoms with van der Waals surface area (Å²) >= 11 is 3.51. The second-order valence-electron chi connectivity index (χ2n) is 6.32. The molecule has 0 radical (unpaired) electrons. The Balaban J connectivity index is 1.67. The molecule has 0 bridgehead atoms. The van der Waals surface area contributed by atoms with Gasteiger partial charge in [0.15, 0.2) is 5.58 Å². The van der Waals surface area contributed by atoms with Gasteiger partial charge in [-0.15, -0.1) is 0 Å². The molecule has 1 amide bonds. The molecule has 1 N–H and O–H groups in total. The van der Waals surface area contributed by atoms with Crippen LogP contribution in [0.4, 0.5) is 0 Å². The summed E-state index contributed by atoms with van der Waals surface area (Å²) in [6.07, 6.45) is 0. The third-order valence-electron chi connectivity index (χ3n) is 4.23. The van der Waals surface area contributed by atoms with Gasteiger partial charge < -0.3 is 9.73 Å². The molecule has 2 atom stereocenters. The van der Waals surface area contributed by atoms with E-state index < -0.39 is 0 Å². The number of nitrogens with zero attached hydrogens (tertiary/aromatic N) is 3. The summed E-state index contributed by atoms with van der Waals surface area (Å²) in [6.45, 7) is 8.20. The molecule has 25 heavy (non-hydrogen) atoms. The number of fused-ring (bicyclic) bond motifs is 1. The van der Waals surface area contributed by atoms with Crippen LogP contribution in [-0.2, 0) is 11.3 Å². The minimum atomic E-state index is -0.297. The first kappa shape index (κ1) is 17.7. The lowest BCUT2D eigenvalue weighted by molar-refractivity contribution is -0.125. The van der Waals surface area contributed by atoms with Gasteiger partial charge >= 0.3 is 0 Å². The fourth-order valence-electron chi connectivity index (χ4n) is 2.69. The van der Waals surface area contributed by atoms with Crippen molar-refractivity contribution in [3.63, 3.8) is 0 Å². The topological polar surface area (TPSA) is 73.0 Å². The Kier molecular flexibility index (Phi) is 4.94. The Hall–Kier alpha value is -2.15. The van der Waals surface area contributed by atoms with Crippen LogP contribution in [0, 0.1) is 19.8 Å². The maximum absolute atomic E-state index is 12.5. The molecular weight excluding hydrogens is 384 g/mol. The molecule has 1 aromatic carbocycles. The molecule has 0 aliphatic rings. The van der Waals surface area contributed by atoms with E-state index in [0.29, 0.717) is 12.4 Å². The number of halogens is 1. The summed E-state index contributed by atoms with van der Waals surface area (Å²) in [5.74, 6) is 0.228. The SMILES string of the molecule is Cc1nn(CC(C)C(=O)NC(C)c2nc3ccccc3o2)c(C)c1Br. The van der Waals surface area contributed by atoms with Crippen molar-refractivity contribution in [1.29, 1.82) is 0 Å². The predicted octanol–water partition coefficient (Wildman–Crippen LogP) is 3.92. The van der Waals surface area contributed by atoms with Crippen molar-refractivity contribution in [3.8, 4) is 0 Å². The molecule has 2 aromatic heterocycles. The Morgan fingerprint density at radius 3 is 2.68 bits per heavy atom. The van der Waals surface area contributed by atoms with Crippen molar-refractivity contribution in [2.75, 3.05) is 0 Å². The third-order valence-corrected chi connectivity index (χ3v) is 5.37. The van der Waals surface area contributed by atoms with Crippen molar-refractivity contribution >= 4 is 32.9 Å². The quantitative estimate of drug-likeness (QED) is 0.699. The van der Waals surface area contributed by atoms with Crippen LogP contribution in [0.1, 0.15) is 37.2 Å². The van der Waals surface area contributed by atoms with E-state index in [1.165, 1.54) is 0 Å². The molecule has 3 rings (SSSR count). The zero-order valence-corrected chi connectivity index (χ0v) is 16.3. The number of hydrogen-bond acceptors (Lipinski definition) is 4. The highest BCUT2D eigenvalue weighted by molar-refractivity contribution is 9.10. The van der Waals surface area contributed by atoms with Crippen LogP contribution in [0.5, 0.6) is 0 Å². The first-order valence-electron chi connectivity index (χ1n) is 8.22. The van der Waals surface area contributed by atoms with E-state index in [0.717, 1.165) is 27.0 Å². The van der Waals surface area contributed by atoms with Crippen LogP contribution in [-0.4, -0.2) is 20.7 Å². The van der Waals surface area contributed by atoms with E-state index in [4.69, 9.17) is 4.42 Å². The molecule has 0 saturated heterocycles. The number of nitrogens with one attached hydrogen (secondary N) is 1. The summed E-state index contributed by atoms with van der Waals surface area (Å²) in [6, 6.07) is 7.26. The van der Waals surface area contributed by atoms with Crippen molar-refractivity contribution in [1.82, 2.24) is 20.1 Å². The molecule has 6 nitrogen and oxygen atoms in total. The summed E-state index contributed by atoms with van der Waals surface area (Å²) in [4.78, 5) is 16.9. The Morgan fingerprint density at radius 2 is 2.04 bits per heavy atom. The number of benzene rings is 1. The second kappa shape index (κ2) is 7.00. The van der Waals surface area contributed by atoms with E-state index in [1.807, 2.05) is 56.6 Å². The maximum atomic E-state index is 12.5. The lowest BCUT2D eigenvalue weighted by Gasteiger charge is -2.16. The van der Waals surface area contributed by atoms with Gasteiger partial charge in [0.25, 0.3) is 0 Å². The summed E-state index contributed by atoms with van der Waals surface area (Å²) in [5.41, 5.74) is 3.45. The number of amides is 1. The third kappa shape index (κ3) is 3.61. The van der Waals surface area contributed by atoms with Gasteiger partial charge in [-0.2, -0.15) is 5.10 Å².